The molecule has 1 saturated heterocycles. The van der Waals surface area contributed by atoms with Gasteiger partial charge in [-0.3, -0.25) is 9.59 Å². The lowest BCUT2D eigenvalue weighted by Crippen LogP contribution is -2.28. The molecule has 4 rings (SSSR count). The average molecular weight is 494 g/mol. The molecule has 1 atom stereocenters. The monoisotopic (exact) mass is 493 g/mol. The Bertz CT molecular complexity index is 1310. The molecule has 0 saturated carbocycles. The first-order valence-electron chi connectivity index (χ1n) is 11.0. The van der Waals surface area contributed by atoms with E-state index < -0.39 is 17.7 Å². The van der Waals surface area contributed by atoms with E-state index in [0.717, 1.165) is 21.6 Å². The molecule has 3 aromatic rings. The van der Waals surface area contributed by atoms with E-state index in [-0.39, 0.29) is 17.9 Å². The van der Waals surface area contributed by atoms with Crippen molar-refractivity contribution in [2.75, 3.05) is 21.3 Å². The van der Waals surface area contributed by atoms with Crippen LogP contribution in [-0.4, -0.2) is 43.0 Å². The summed E-state index contributed by atoms with van der Waals surface area (Å²) in [4.78, 5) is 28.9. The average Bonchev–Trinajstić information content (AvgIpc) is 3.46. The molecular formula is C27H27NO6S. The summed E-state index contributed by atoms with van der Waals surface area (Å²) in [7, 11) is 4.60. The van der Waals surface area contributed by atoms with Crippen LogP contribution < -0.4 is 14.2 Å². The van der Waals surface area contributed by atoms with E-state index in [1.807, 2.05) is 43.5 Å². The maximum Gasteiger partial charge on any atom is 0.295 e. The fraction of sp³-hybridized carbons (Fsp3) is 0.259. The molecule has 1 N–H and O–H groups in total. The van der Waals surface area contributed by atoms with Gasteiger partial charge in [-0.1, -0.05) is 18.2 Å². The Morgan fingerprint density at radius 1 is 1.00 bits per heavy atom. The quantitative estimate of drug-likeness (QED) is 0.283. The third kappa shape index (κ3) is 4.37. The number of ketones is 1. The van der Waals surface area contributed by atoms with Crippen LogP contribution in [0.2, 0.25) is 0 Å². The molecule has 1 unspecified atom stereocenters. The van der Waals surface area contributed by atoms with Gasteiger partial charge in [-0.05, 0) is 60.2 Å². The number of hydrogen-bond acceptors (Lipinski definition) is 7. The Labute approximate surface area is 208 Å². The minimum absolute atomic E-state index is 0.0428. The van der Waals surface area contributed by atoms with Gasteiger partial charge in [-0.15, -0.1) is 11.3 Å². The predicted molar refractivity (Wildman–Crippen MR) is 134 cm³/mol. The molecule has 35 heavy (non-hydrogen) atoms. The van der Waals surface area contributed by atoms with Gasteiger partial charge in [0, 0.05) is 11.4 Å². The molecule has 182 valence electrons. The van der Waals surface area contributed by atoms with Crippen LogP contribution >= 0.6 is 11.3 Å². The van der Waals surface area contributed by atoms with Gasteiger partial charge < -0.3 is 24.2 Å². The van der Waals surface area contributed by atoms with Gasteiger partial charge in [0.2, 0.25) is 0 Å². The number of hydrogen-bond donors (Lipinski definition) is 1. The van der Waals surface area contributed by atoms with Crippen LogP contribution in [0.25, 0.3) is 5.76 Å². The van der Waals surface area contributed by atoms with Crippen molar-refractivity contribution in [2.45, 2.75) is 26.4 Å². The van der Waals surface area contributed by atoms with Crippen molar-refractivity contribution in [3.8, 4) is 17.2 Å². The van der Waals surface area contributed by atoms with Crippen molar-refractivity contribution < 1.29 is 28.9 Å². The van der Waals surface area contributed by atoms with Crippen LogP contribution in [0.15, 0.2) is 53.4 Å². The second-order valence-corrected chi connectivity index (χ2v) is 9.27. The molecule has 1 aromatic heterocycles. The Hall–Kier alpha value is -3.78. The number of aliphatic hydroxyl groups excluding tert-OH is 1. The lowest BCUT2D eigenvalue weighted by atomic mass is 9.96. The van der Waals surface area contributed by atoms with Crippen molar-refractivity contribution in [3.05, 3.63) is 80.5 Å². The third-order valence-electron chi connectivity index (χ3n) is 6.03. The number of methoxy groups -OCH3 is 3. The summed E-state index contributed by atoms with van der Waals surface area (Å²) in [6.45, 7) is 3.92. The molecule has 0 radical (unpaired) electrons. The molecule has 7 nitrogen and oxygen atoms in total. The van der Waals surface area contributed by atoms with Crippen molar-refractivity contribution in [1.82, 2.24) is 4.90 Å². The highest BCUT2D eigenvalue weighted by Crippen LogP contribution is 2.44. The maximum absolute atomic E-state index is 13.3. The maximum atomic E-state index is 13.3. The number of rotatable bonds is 7. The second-order valence-electron chi connectivity index (χ2n) is 8.29. The highest BCUT2D eigenvalue weighted by atomic mass is 32.1. The number of Topliss-reactive ketones (excluding diaryl/α,β-unsaturated/α-hetero) is 1. The number of likely N-dealkylation sites (tertiary alicyclic amines) is 1. The number of nitrogens with zero attached hydrogens (tertiary/aromatic N) is 1. The normalized spacial score (nSPS) is 17.1. The first-order chi connectivity index (χ1) is 16.8. The highest BCUT2D eigenvalue weighted by molar-refractivity contribution is 7.10. The lowest BCUT2D eigenvalue weighted by molar-refractivity contribution is -0.140. The van der Waals surface area contributed by atoms with E-state index in [2.05, 4.69) is 0 Å². The van der Waals surface area contributed by atoms with E-state index in [1.54, 1.807) is 25.3 Å². The molecule has 1 fully saturated rings. The zero-order valence-electron chi connectivity index (χ0n) is 20.2. The van der Waals surface area contributed by atoms with E-state index in [9.17, 15) is 14.7 Å². The van der Waals surface area contributed by atoms with E-state index in [4.69, 9.17) is 14.2 Å². The van der Waals surface area contributed by atoms with Gasteiger partial charge in [0.1, 0.15) is 11.5 Å². The topological polar surface area (TPSA) is 85.3 Å². The molecule has 0 bridgehead atoms. The number of amides is 1. The number of carbonyl (C=O) groups is 2. The zero-order chi connectivity index (χ0) is 25.3. The van der Waals surface area contributed by atoms with Gasteiger partial charge >= 0.3 is 0 Å². The van der Waals surface area contributed by atoms with Crippen LogP contribution in [0.3, 0.4) is 0 Å². The van der Waals surface area contributed by atoms with Crippen molar-refractivity contribution in [2.24, 2.45) is 0 Å². The summed E-state index contributed by atoms with van der Waals surface area (Å²) in [5, 5.41) is 13.3. The SMILES string of the molecule is COc1ccc(CN2C(=O)C(=O)/C(=C(\O)c3cc(C)cc(C)c3OC)C2c2cccs2)cc1OC. The molecule has 1 amide bonds. The Kier molecular flexibility index (Phi) is 6.84. The van der Waals surface area contributed by atoms with Crippen molar-refractivity contribution in [1.29, 1.82) is 0 Å². The summed E-state index contributed by atoms with van der Waals surface area (Å²) < 4.78 is 16.2. The third-order valence-corrected chi connectivity index (χ3v) is 6.96. The van der Waals surface area contributed by atoms with Gasteiger partial charge in [0.25, 0.3) is 11.7 Å². The molecule has 2 heterocycles. The first-order valence-corrected chi connectivity index (χ1v) is 11.9. The number of aliphatic hydroxyl groups is 1. The fourth-order valence-electron chi connectivity index (χ4n) is 4.51. The largest absolute Gasteiger partial charge is 0.507 e. The van der Waals surface area contributed by atoms with E-state index in [1.165, 1.54) is 30.5 Å². The minimum Gasteiger partial charge on any atom is -0.507 e. The number of thiophene rings is 1. The second kappa shape index (κ2) is 9.84. The summed E-state index contributed by atoms with van der Waals surface area (Å²) in [6.07, 6.45) is 0. The Morgan fingerprint density at radius 3 is 2.37 bits per heavy atom. The number of benzene rings is 2. The molecular weight excluding hydrogens is 466 g/mol. The Balaban J connectivity index is 1.86. The van der Waals surface area contributed by atoms with Crippen LogP contribution in [0.4, 0.5) is 0 Å². The lowest BCUT2D eigenvalue weighted by Gasteiger charge is -2.25. The standard InChI is InChI=1S/C27H27NO6S/c1-15-11-16(2)26(34-5)18(12-15)24(29)22-23(21-7-6-10-35-21)28(27(31)25(22)30)14-17-8-9-19(32-3)20(13-17)33-4/h6-13,23,29H,14H2,1-5H3/b24-22-. The van der Waals surface area contributed by atoms with Gasteiger partial charge in [-0.2, -0.15) is 0 Å². The van der Waals surface area contributed by atoms with Crippen molar-refractivity contribution in [3.63, 3.8) is 0 Å². The van der Waals surface area contributed by atoms with Crippen LogP contribution in [0.5, 0.6) is 17.2 Å². The minimum atomic E-state index is -0.742. The number of ether oxygens (including phenoxy) is 3. The van der Waals surface area contributed by atoms with Gasteiger partial charge in [0.15, 0.2) is 11.5 Å². The van der Waals surface area contributed by atoms with Crippen LogP contribution in [-0.2, 0) is 16.1 Å². The number of carbonyl (C=O) groups excluding carboxylic acids is 2. The number of aryl methyl sites for hydroxylation is 2. The summed E-state index contributed by atoms with van der Waals surface area (Å²) in [5.41, 5.74) is 2.91. The molecule has 1 aliphatic rings. The molecule has 0 aliphatic carbocycles. The summed E-state index contributed by atoms with van der Waals surface area (Å²) >= 11 is 1.42. The predicted octanol–water partition coefficient (Wildman–Crippen LogP) is 5.01. The van der Waals surface area contributed by atoms with Gasteiger partial charge in [0.05, 0.1) is 38.5 Å². The molecule has 1 aliphatic heterocycles. The zero-order valence-corrected chi connectivity index (χ0v) is 21.1. The smallest absolute Gasteiger partial charge is 0.295 e. The Morgan fingerprint density at radius 2 is 1.74 bits per heavy atom. The van der Waals surface area contributed by atoms with Gasteiger partial charge in [-0.25, -0.2) is 0 Å². The van der Waals surface area contributed by atoms with Crippen molar-refractivity contribution >= 4 is 28.8 Å². The van der Waals surface area contributed by atoms with E-state index in [0.29, 0.717) is 22.8 Å². The molecule has 0 spiro atoms. The van der Waals surface area contributed by atoms with E-state index >= 15 is 0 Å². The molecule has 8 heteroatoms. The first kappa shape index (κ1) is 24.3. The summed E-state index contributed by atoms with van der Waals surface area (Å²) in [5.74, 6) is -0.112. The highest BCUT2D eigenvalue weighted by Gasteiger charge is 2.46. The van der Waals surface area contributed by atoms with Crippen LogP contribution in [0, 0.1) is 13.8 Å². The summed E-state index contributed by atoms with van der Waals surface area (Å²) in [6, 6.07) is 12.0. The van der Waals surface area contributed by atoms with Crippen LogP contribution in [0.1, 0.15) is 33.2 Å². The fourth-order valence-corrected chi connectivity index (χ4v) is 5.35. The molecule has 2 aromatic carbocycles.